The predicted molar refractivity (Wildman–Crippen MR) is 56.6 cm³/mol. The second-order valence-corrected chi connectivity index (χ2v) is 3.19. The largest absolute Gasteiger partial charge is 0.383 e. The smallest absolute Gasteiger partial charge is 0.131 e. The molecule has 3 nitrogen and oxygen atoms in total. The minimum absolute atomic E-state index is 0.542. The summed E-state index contributed by atoms with van der Waals surface area (Å²) in [6, 6.07) is 5.85. The van der Waals surface area contributed by atoms with Crippen molar-refractivity contribution in [1.82, 2.24) is 9.97 Å². The van der Waals surface area contributed by atoms with Crippen molar-refractivity contribution in [1.29, 1.82) is 0 Å². The molecule has 2 rings (SSSR count). The third kappa shape index (κ3) is 1.57. The quantitative estimate of drug-likeness (QED) is 0.739. The first kappa shape index (κ1) is 8.69. The standard InChI is InChI=1S/C11H11N3/c1-8-5-9(7-13-6-8)10-3-2-4-14-11(10)12/h2-7H,1H3,(H2,12,14). The van der Waals surface area contributed by atoms with Crippen LogP contribution in [0.2, 0.25) is 0 Å². The second kappa shape index (κ2) is 3.46. The van der Waals surface area contributed by atoms with Gasteiger partial charge < -0.3 is 5.73 Å². The summed E-state index contributed by atoms with van der Waals surface area (Å²) < 4.78 is 0. The second-order valence-electron chi connectivity index (χ2n) is 3.19. The molecule has 70 valence electrons. The summed E-state index contributed by atoms with van der Waals surface area (Å²) >= 11 is 0. The average Bonchev–Trinajstić information content (AvgIpc) is 2.18. The molecule has 0 radical (unpaired) electrons. The number of nitrogens with two attached hydrogens (primary N) is 1. The fraction of sp³-hybridized carbons (Fsp3) is 0.0909. The zero-order valence-corrected chi connectivity index (χ0v) is 7.94. The molecule has 2 aromatic rings. The lowest BCUT2D eigenvalue weighted by atomic mass is 10.1. The van der Waals surface area contributed by atoms with Crippen molar-refractivity contribution in [3.8, 4) is 11.1 Å². The van der Waals surface area contributed by atoms with Crippen LogP contribution in [0.3, 0.4) is 0 Å². The number of nitrogen functional groups attached to an aromatic ring is 1. The van der Waals surface area contributed by atoms with E-state index in [9.17, 15) is 0 Å². The van der Waals surface area contributed by atoms with Crippen LogP contribution >= 0.6 is 0 Å². The average molecular weight is 185 g/mol. The highest BCUT2D eigenvalue weighted by molar-refractivity contribution is 5.73. The Hall–Kier alpha value is -1.90. The molecule has 0 saturated carbocycles. The van der Waals surface area contributed by atoms with Crippen LogP contribution in [0.25, 0.3) is 11.1 Å². The van der Waals surface area contributed by atoms with Crippen LogP contribution in [0.5, 0.6) is 0 Å². The Morgan fingerprint density at radius 1 is 1.29 bits per heavy atom. The fourth-order valence-corrected chi connectivity index (χ4v) is 1.36. The Morgan fingerprint density at radius 3 is 2.86 bits per heavy atom. The van der Waals surface area contributed by atoms with Gasteiger partial charge in [-0.2, -0.15) is 0 Å². The Bertz CT molecular complexity index is 452. The number of anilines is 1. The van der Waals surface area contributed by atoms with Gasteiger partial charge in [0.1, 0.15) is 5.82 Å². The summed E-state index contributed by atoms with van der Waals surface area (Å²) in [5.74, 6) is 0.542. The molecule has 0 spiro atoms. The van der Waals surface area contributed by atoms with Gasteiger partial charge in [-0.05, 0) is 30.7 Å². The summed E-state index contributed by atoms with van der Waals surface area (Å²) in [6.45, 7) is 2.00. The molecule has 14 heavy (non-hydrogen) atoms. The highest BCUT2D eigenvalue weighted by Gasteiger charge is 2.02. The maximum Gasteiger partial charge on any atom is 0.131 e. The van der Waals surface area contributed by atoms with Gasteiger partial charge in [0.2, 0.25) is 0 Å². The molecule has 0 amide bonds. The van der Waals surface area contributed by atoms with Crippen molar-refractivity contribution in [3.05, 3.63) is 42.4 Å². The summed E-state index contributed by atoms with van der Waals surface area (Å²) in [4.78, 5) is 8.15. The van der Waals surface area contributed by atoms with E-state index in [1.165, 1.54) is 0 Å². The Labute approximate surface area is 82.6 Å². The third-order valence-corrected chi connectivity index (χ3v) is 2.02. The van der Waals surface area contributed by atoms with Crippen LogP contribution in [0.1, 0.15) is 5.56 Å². The maximum atomic E-state index is 5.76. The number of pyridine rings is 2. The molecular weight excluding hydrogens is 174 g/mol. The van der Waals surface area contributed by atoms with Crippen LogP contribution in [-0.4, -0.2) is 9.97 Å². The monoisotopic (exact) mass is 185 g/mol. The molecule has 0 fully saturated rings. The van der Waals surface area contributed by atoms with Gasteiger partial charge in [0.05, 0.1) is 0 Å². The number of hydrogen-bond acceptors (Lipinski definition) is 3. The third-order valence-electron chi connectivity index (χ3n) is 2.02. The summed E-state index contributed by atoms with van der Waals surface area (Å²) in [5.41, 5.74) is 8.82. The highest BCUT2D eigenvalue weighted by Crippen LogP contribution is 2.23. The lowest BCUT2D eigenvalue weighted by Gasteiger charge is -2.04. The first-order valence-corrected chi connectivity index (χ1v) is 4.40. The van der Waals surface area contributed by atoms with Gasteiger partial charge in [-0.25, -0.2) is 4.98 Å². The summed E-state index contributed by atoms with van der Waals surface area (Å²) in [6.07, 6.45) is 5.29. The lowest BCUT2D eigenvalue weighted by molar-refractivity contribution is 1.26. The van der Waals surface area contributed by atoms with Gasteiger partial charge in [-0.15, -0.1) is 0 Å². The van der Waals surface area contributed by atoms with E-state index in [2.05, 4.69) is 9.97 Å². The molecule has 0 aromatic carbocycles. The normalized spacial score (nSPS) is 10.1. The lowest BCUT2D eigenvalue weighted by Crippen LogP contribution is -1.93. The summed E-state index contributed by atoms with van der Waals surface area (Å²) in [5, 5.41) is 0. The molecule has 0 saturated heterocycles. The molecule has 2 heterocycles. The number of hydrogen-bond donors (Lipinski definition) is 1. The van der Waals surface area contributed by atoms with Crippen molar-refractivity contribution in [2.24, 2.45) is 0 Å². The molecule has 0 unspecified atom stereocenters. The van der Waals surface area contributed by atoms with E-state index in [1.807, 2.05) is 31.3 Å². The first-order valence-electron chi connectivity index (χ1n) is 4.40. The molecule has 0 aliphatic rings. The fourth-order valence-electron chi connectivity index (χ4n) is 1.36. The Kier molecular flexibility index (Phi) is 2.14. The zero-order valence-electron chi connectivity index (χ0n) is 7.94. The first-order chi connectivity index (χ1) is 6.77. The number of aromatic nitrogens is 2. The maximum absolute atomic E-state index is 5.76. The van der Waals surface area contributed by atoms with Crippen molar-refractivity contribution in [2.75, 3.05) is 5.73 Å². The molecule has 2 N–H and O–H groups in total. The Balaban J connectivity index is 2.55. The van der Waals surface area contributed by atoms with Crippen LogP contribution in [0, 0.1) is 6.92 Å². The van der Waals surface area contributed by atoms with E-state index in [4.69, 9.17) is 5.73 Å². The van der Waals surface area contributed by atoms with Crippen molar-refractivity contribution in [3.63, 3.8) is 0 Å². The topological polar surface area (TPSA) is 51.8 Å². The van der Waals surface area contributed by atoms with Crippen LogP contribution in [0.15, 0.2) is 36.8 Å². The molecular formula is C11H11N3. The molecule has 3 heteroatoms. The molecule has 0 aliphatic heterocycles. The Morgan fingerprint density at radius 2 is 2.14 bits per heavy atom. The SMILES string of the molecule is Cc1cncc(-c2cccnc2N)c1. The summed E-state index contributed by atoms with van der Waals surface area (Å²) in [7, 11) is 0. The van der Waals surface area contributed by atoms with E-state index in [0.717, 1.165) is 16.7 Å². The van der Waals surface area contributed by atoms with Gasteiger partial charge in [-0.3, -0.25) is 4.98 Å². The number of nitrogens with zero attached hydrogens (tertiary/aromatic N) is 2. The van der Waals surface area contributed by atoms with Crippen molar-refractivity contribution in [2.45, 2.75) is 6.92 Å². The van der Waals surface area contributed by atoms with E-state index in [0.29, 0.717) is 5.82 Å². The van der Waals surface area contributed by atoms with Gasteiger partial charge >= 0.3 is 0 Å². The van der Waals surface area contributed by atoms with Gasteiger partial charge in [-0.1, -0.05) is 0 Å². The van der Waals surface area contributed by atoms with Crippen LogP contribution in [-0.2, 0) is 0 Å². The molecule has 0 bridgehead atoms. The minimum Gasteiger partial charge on any atom is -0.383 e. The highest BCUT2D eigenvalue weighted by atomic mass is 14.8. The van der Waals surface area contributed by atoms with E-state index >= 15 is 0 Å². The van der Waals surface area contributed by atoms with E-state index < -0.39 is 0 Å². The molecule has 2 aromatic heterocycles. The predicted octanol–water partition coefficient (Wildman–Crippen LogP) is 2.03. The van der Waals surface area contributed by atoms with Crippen LogP contribution in [0.4, 0.5) is 5.82 Å². The van der Waals surface area contributed by atoms with Crippen molar-refractivity contribution >= 4 is 5.82 Å². The van der Waals surface area contributed by atoms with Crippen molar-refractivity contribution < 1.29 is 0 Å². The van der Waals surface area contributed by atoms with E-state index in [1.54, 1.807) is 12.4 Å². The van der Waals surface area contributed by atoms with Crippen LogP contribution < -0.4 is 5.73 Å². The van der Waals surface area contributed by atoms with Gasteiger partial charge in [0, 0.05) is 29.7 Å². The molecule has 0 aliphatic carbocycles. The zero-order chi connectivity index (χ0) is 9.97. The number of rotatable bonds is 1. The van der Waals surface area contributed by atoms with E-state index in [-0.39, 0.29) is 0 Å². The number of aryl methyl sites for hydroxylation is 1. The van der Waals surface area contributed by atoms with Gasteiger partial charge in [0.15, 0.2) is 0 Å². The van der Waals surface area contributed by atoms with Gasteiger partial charge in [0.25, 0.3) is 0 Å². The minimum atomic E-state index is 0.542. The molecule has 0 atom stereocenters.